The average molecular weight is 392 g/mol. The summed E-state index contributed by atoms with van der Waals surface area (Å²) in [5.74, 6) is 0.885. The summed E-state index contributed by atoms with van der Waals surface area (Å²) in [5.41, 5.74) is 1.35. The van der Waals surface area contributed by atoms with E-state index in [1.54, 1.807) is 0 Å². The molecule has 19 heavy (non-hydrogen) atoms. The predicted molar refractivity (Wildman–Crippen MR) is 91.8 cm³/mol. The van der Waals surface area contributed by atoms with Crippen LogP contribution in [0.3, 0.4) is 0 Å². The fraction of sp³-hybridized carbons (Fsp3) is 0.625. The van der Waals surface area contributed by atoms with Crippen LogP contribution in [0.4, 0.5) is 0 Å². The minimum absolute atomic E-state index is 0.461. The van der Waals surface area contributed by atoms with Crippen LogP contribution in [0.1, 0.15) is 57.1 Å². The van der Waals surface area contributed by atoms with E-state index in [1.165, 1.54) is 44.1 Å². The molecule has 0 spiro atoms. The number of nitrogens with one attached hydrogen (secondary N) is 1. The van der Waals surface area contributed by atoms with Gasteiger partial charge in [0.2, 0.25) is 0 Å². The zero-order chi connectivity index (χ0) is 13.7. The SMILES string of the molecule is CCNC(CC1CCCCC1)c1ccc(I)c(Cl)c1. The van der Waals surface area contributed by atoms with Crippen molar-refractivity contribution >= 4 is 34.2 Å². The standard InChI is InChI=1S/C16H23ClIN/c1-2-19-16(10-12-6-4-3-5-7-12)13-8-9-15(18)14(17)11-13/h8-9,11-12,16,19H,2-7,10H2,1H3. The van der Waals surface area contributed by atoms with E-state index >= 15 is 0 Å². The molecule has 1 aromatic carbocycles. The first kappa shape index (κ1) is 15.6. The van der Waals surface area contributed by atoms with Gasteiger partial charge in [-0.05, 0) is 59.2 Å². The van der Waals surface area contributed by atoms with Gasteiger partial charge in [0.1, 0.15) is 0 Å². The number of benzene rings is 1. The predicted octanol–water partition coefficient (Wildman–Crippen LogP) is 5.57. The number of rotatable bonds is 5. The monoisotopic (exact) mass is 391 g/mol. The highest BCUT2D eigenvalue weighted by Gasteiger charge is 2.20. The summed E-state index contributed by atoms with van der Waals surface area (Å²) in [4.78, 5) is 0. The molecule has 0 heterocycles. The van der Waals surface area contributed by atoms with Crippen LogP contribution >= 0.6 is 34.2 Å². The maximum atomic E-state index is 6.27. The van der Waals surface area contributed by atoms with Crippen LogP contribution in [0.25, 0.3) is 0 Å². The molecule has 0 bridgehead atoms. The van der Waals surface area contributed by atoms with Crippen LogP contribution in [-0.2, 0) is 0 Å². The molecule has 1 fully saturated rings. The first-order valence-electron chi connectivity index (χ1n) is 7.39. The fourth-order valence-electron chi connectivity index (χ4n) is 3.07. The van der Waals surface area contributed by atoms with E-state index in [2.05, 4.69) is 53.0 Å². The number of hydrogen-bond acceptors (Lipinski definition) is 1. The number of hydrogen-bond donors (Lipinski definition) is 1. The van der Waals surface area contributed by atoms with Gasteiger partial charge in [0.25, 0.3) is 0 Å². The molecule has 1 N–H and O–H groups in total. The minimum Gasteiger partial charge on any atom is -0.310 e. The summed E-state index contributed by atoms with van der Waals surface area (Å²) < 4.78 is 1.14. The van der Waals surface area contributed by atoms with Crippen molar-refractivity contribution in [3.63, 3.8) is 0 Å². The lowest BCUT2D eigenvalue weighted by molar-refractivity contribution is 0.301. The zero-order valence-corrected chi connectivity index (χ0v) is 14.5. The van der Waals surface area contributed by atoms with Crippen LogP contribution in [0.2, 0.25) is 5.02 Å². The van der Waals surface area contributed by atoms with Crippen molar-refractivity contribution in [1.82, 2.24) is 5.32 Å². The lowest BCUT2D eigenvalue weighted by Crippen LogP contribution is -2.24. The second-order valence-electron chi connectivity index (χ2n) is 5.52. The van der Waals surface area contributed by atoms with Crippen molar-refractivity contribution in [2.75, 3.05) is 6.54 Å². The zero-order valence-electron chi connectivity index (χ0n) is 11.6. The first-order valence-corrected chi connectivity index (χ1v) is 8.84. The van der Waals surface area contributed by atoms with Gasteiger partial charge >= 0.3 is 0 Å². The molecule has 0 saturated heterocycles. The third-order valence-electron chi connectivity index (χ3n) is 4.09. The molecule has 0 aromatic heterocycles. The van der Waals surface area contributed by atoms with Crippen molar-refractivity contribution in [2.24, 2.45) is 5.92 Å². The topological polar surface area (TPSA) is 12.0 Å². The molecule has 106 valence electrons. The average Bonchev–Trinajstić information content (AvgIpc) is 2.43. The van der Waals surface area contributed by atoms with Gasteiger partial charge in [-0.1, -0.05) is 56.7 Å². The second kappa shape index (κ2) is 7.84. The smallest absolute Gasteiger partial charge is 0.0542 e. The Kier molecular flexibility index (Phi) is 6.43. The van der Waals surface area contributed by atoms with Crippen molar-refractivity contribution in [2.45, 2.75) is 51.5 Å². The van der Waals surface area contributed by atoms with Crippen molar-refractivity contribution in [3.8, 4) is 0 Å². The largest absolute Gasteiger partial charge is 0.310 e. The normalized spacial score (nSPS) is 18.5. The molecule has 0 radical (unpaired) electrons. The van der Waals surface area contributed by atoms with Crippen LogP contribution in [0.5, 0.6) is 0 Å². The highest BCUT2D eigenvalue weighted by atomic mass is 127. The van der Waals surface area contributed by atoms with E-state index in [-0.39, 0.29) is 0 Å². The number of halogens is 2. The Balaban J connectivity index is 2.07. The summed E-state index contributed by atoms with van der Waals surface area (Å²) in [7, 11) is 0. The van der Waals surface area contributed by atoms with Crippen molar-refractivity contribution in [1.29, 1.82) is 0 Å². The Bertz CT molecular complexity index is 402. The van der Waals surface area contributed by atoms with E-state index < -0.39 is 0 Å². The van der Waals surface area contributed by atoms with Crippen molar-refractivity contribution < 1.29 is 0 Å². The third-order valence-corrected chi connectivity index (χ3v) is 5.66. The van der Waals surface area contributed by atoms with Crippen LogP contribution in [0.15, 0.2) is 18.2 Å². The lowest BCUT2D eigenvalue weighted by atomic mass is 9.83. The van der Waals surface area contributed by atoms with E-state index in [0.29, 0.717) is 6.04 Å². The fourth-order valence-corrected chi connectivity index (χ4v) is 3.59. The van der Waals surface area contributed by atoms with Gasteiger partial charge in [0.05, 0.1) is 5.02 Å². The molecular weight excluding hydrogens is 369 g/mol. The van der Waals surface area contributed by atoms with Gasteiger partial charge in [-0.2, -0.15) is 0 Å². The van der Waals surface area contributed by atoms with Gasteiger partial charge in [-0.15, -0.1) is 0 Å². The van der Waals surface area contributed by atoms with Crippen molar-refractivity contribution in [3.05, 3.63) is 32.4 Å². The maximum absolute atomic E-state index is 6.27. The van der Waals surface area contributed by atoms with Gasteiger partial charge in [-0.3, -0.25) is 0 Å². The van der Waals surface area contributed by atoms with E-state index in [0.717, 1.165) is 21.1 Å². The lowest BCUT2D eigenvalue weighted by Gasteiger charge is -2.27. The summed E-state index contributed by atoms with van der Waals surface area (Å²) in [6.45, 7) is 3.20. The molecule has 1 aliphatic rings. The summed E-state index contributed by atoms with van der Waals surface area (Å²) in [6, 6.07) is 6.95. The Morgan fingerprint density at radius 2 is 2.05 bits per heavy atom. The van der Waals surface area contributed by atoms with Gasteiger partial charge in [0, 0.05) is 9.61 Å². The van der Waals surface area contributed by atoms with Crippen LogP contribution in [0, 0.1) is 9.49 Å². The molecule has 1 atom stereocenters. The quantitative estimate of drug-likeness (QED) is 0.647. The molecule has 1 nitrogen and oxygen atoms in total. The molecule has 1 unspecified atom stereocenters. The molecule has 0 amide bonds. The molecule has 1 saturated carbocycles. The Labute approximate surface area is 135 Å². The Hall–Kier alpha value is 0.200. The van der Waals surface area contributed by atoms with E-state index in [4.69, 9.17) is 11.6 Å². The van der Waals surface area contributed by atoms with Gasteiger partial charge in [0.15, 0.2) is 0 Å². The molecule has 0 aliphatic heterocycles. The highest BCUT2D eigenvalue weighted by molar-refractivity contribution is 14.1. The summed E-state index contributed by atoms with van der Waals surface area (Å²) in [5, 5.41) is 4.51. The molecule has 3 heteroatoms. The maximum Gasteiger partial charge on any atom is 0.0542 e. The van der Waals surface area contributed by atoms with E-state index in [1.807, 2.05) is 0 Å². The third kappa shape index (κ3) is 4.61. The van der Waals surface area contributed by atoms with E-state index in [9.17, 15) is 0 Å². The molecule has 2 rings (SSSR count). The molecule has 1 aliphatic carbocycles. The summed E-state index contributed by atoms with van der Waals surface area (Å²) in [6.07, 6.45) is 8.32. The van der Waals surface area contributed by atoms with Gasteiger partial charge < -0.3 is 5.32 Å². The Morgan fingerprint density at radius 1 is 1.32 bits per heavy atom. The molecule has 1 aromatic rings. The minimum atomic E-state index is 0.461. The second-order valence-corrected chi connectivity index (χ2v) is 7.09. The van der Waals surface area contributed by atoms with Crippen LogP contribution in [-0.4, -0.2) is 6.54 Å². The van der Waals surface area contributed by atoms with Gasteiger partial charge in [-0.25, -0.2) is 0 Å². The molecular formula is C16H23ClIN. The summed E-state index contributed by atoms with van der Waals surface area (Å²) >= 11 is 8.55. The van der Waals surface area contributed by atoms with Crippen LogP contribution < -0.4 is 5.32 Å². The highest BCUT2D eigenvalue weighted by Crippen LogP contribution is 2.33. The Morgan fingerprint density at radius 3 is 2.68 bits per heavy atom. The first-order chi connectivity index (χ1) is 9.20.